The molecule has 3 saturated heterocycles. The second-order valence-electron chi connectivity index (χ2n) is 8.29. The number of hydrogen-bond acceptors (Lipinski definition) is 5. The maximum Gasteiger partial charge on any atom is 0.290 e. The molecule has 7 heteroatoms. The van der Waals surface area contributed by atoms with Gasteiger partial charge in [0.2, 0.25) is 0 Å². The first-order valence-electron chi connectivity index (χ1n) is 10.6. The summed E-state index contributed by atoms with van der Waals surface area (Å²) in [6, 6.07) is 1.71. The smallest absolute Gasteiger partial charge is 0.290 e. The molecule has 4 heterocycles. The van der Waals surface area contributed by atoms with E-state index in [1.54, 1.807) is 6.33 Å². The first kappa shape index (κ1) is 20.3. The van der Waals surface area contributed by atoms with Crippen molar-refractivity contribution in [1.29, 1.82) is 0 Å². The number of carbonyl (C=O) groups is 1. The third-order valence-electron chi connectivity index (χ3n) is 6.57. The van der Waals surface area contributed by atoms with Gasteiger partial charge in [0, 0.05) is 38.3 Å². The van der Waals surface area contributed by atoms with Crippen molar-refractivity contribution in [2.24, 2.45) is 11.8 Å². The molecule has 0 spiro atoms. The van der Waals surface area contributed by atoms with Gasteiger partial charge in [-0.25, -0.2) is 9.67 Å². The highest BCUT2D eigenvalue weighted by Crippen LogP contribution is 2.40. The van der Waals surface area contributed by atoms with Gasteiger partial charge in [-0.05, 0) is 44.4 Å². The Labute approximate surface area is 162 Å². The molecule has 7 nitrogen and oxygen atoms in total. The van der Waals surface area contributed by atoms with Crippen LogP contribution >= 0.6 is 0 Å². The number of aryl methyl sites for hydroxylation is 1. The average Bonchev–Trinajstić information content (AvgIpc) is 3.10. The molecule has 152 valence electrons. The Hall–Kier alpha value is -1.47. The number of rotatable bonds is 5. The highest BCUT2D eigenvalue weighted by molar-refractivity contribution is 5.32. The van der Waals surface area contributed by atoms with Gasteiger partial charge in [0.25, 0.3) is 6.47 Å². The molecule has 0 radical (unpaired) electrons. The van der Waals surface area contributed by atoms with Crippen molar-refractivity contribution >= 4 is 6.47 Å². The van der Waals surface area contributed by atoms with Crippen LogP contribution in [0.2, 0.25) is 0 Å². The lowest BCUT2D eigenvalue weighted by Gasteiger charge is -2.55. The Morgan fingerprint density at radius 1 is 1.26 bits per heavy atom. The van der Waals surface area contributed by atoms with Gasteiger partial charge in [-0.3, -0.25) is 14.6 Å². The monoisotopic (exact) mass is 377 g/mol. The van der Waals surface area contributed by atoms with Gasteiger partial charge in [-0.2, -0.15) is 5.10 Å². The largest absolute Gasteiger partial charge is 0.483 e. The summed E-state index contributed by atoms with van der Waals surface area (Å²) in [4.78, 5) is 18.4. The number of likely N-dealkylation sites (tertiary alicyclic amines) is 1. The Balaban J connectivity index is 0.000000659. The normalized spacial score (nSPS) is 30.9. The Morgan fingerprint density at radius 2 is 2.07 bits per heavy atom. The van der Waals surface area contributed by atoms with Crippen molar-refractivity contribution in [2.75, 3.05) is 19.6 Å². The van der Waals surface area contributed by atoms with Crippen molar-refractivity contribution in [3.8, 4) is 0 Å². The molecule has 27 heavy (non-hydrogen) atoms. The fourth-order valence-corrected chi connectivity index (χ4v) is 5.66. The second kappa shape index (κ2) is 9.64. The number of nitrogens with zero attached hydrogens (tertiary/aromatic N) is 5. The van der Waals surface area contributed by atoms with Crippen molar-refractivity contribution in [2.45, 2.75) is 77.5 Å². The summed E-state index contributed by atoms with van der Waals surface area (Å²) in [5, 5.41) is 11.2. The third kappa shape index (κ3) is 4.69. The van der Waals surface area contributed by atoms with Crippen LogP contribution in [0, 0.1) is 11.8 Å². The molecule has 3 aliphatic rings. The highest BCUT2D eigenvalue weighted by Gasteiger charge is 2.44. The van der Waals surface area contributed by atoms with Gasteiger partial charge in [0.15, 0.2) is 0 Å². The van der Waals surface area contributed by atoms with Crippen molar-refractivity contribution in [3.63, 3.8) is 0 Å². The van der Waals surface area contributed by atoms with Crippen LogP contribution in [-0.2, 0) is 17.9 Å². The minimum Gasteiger partial charge on any atom is -0.483 e. The molecule has 3 aliphatic heterocycles. The first-order valence-corrected chi connectivity index (χ1v) is 10.6. The molecule has 0 aliphatic carbocycles. The van der Waals surface area contributed by atoms with Gasteiger partial charge < -0.3 is 5.11 Å². The minimum atomic E-state index is -0.250. The molecule has 2 bridgehead atoms. The van der Waals surface area contributed by atoms with Gasteiger partial charge in [-0.1, -0.05) is 19.8 Å². The summed E-state index contributed by atoms with van der Waals surface area (Å²) in [7, 11) is 0. The predicted molar refractivity (Wildman–Crippen MR) is 104 cm³/mol. The maximum atomic E-state index is 8.36. The zero-order valence-corrected chi connectivity index (χ0v) is 16.8. The summed E-state index contributed by atoms with van der Waals surface area (Å²) in [6.45, 7) is 9.99. The first-order chi connectivity index (χ1) is 13.2. The SMILES string of the molecule is CCC[C@H]1CCC[C@H]2[C@@H]3C[C@@H](CN(Cc4ncnn4CC)C3)CN12.O=CO. The van der Waals surface area contributed by atoms with Crippen LogP contribution in [0.4, 0.5) is 0 Å². The van der Waals surface area contributed by atoms with E-state index in [-0.39, 0.29) is 6.47 Å². The van der Waals surface area contributed by atoms with E-state index < -0.39 is 0 Å². The molecule has 0 aromatic carbocycles. The zero-order valence-electron chi connectivity index (χ0n) is 16.8. The van der Waals surface area contributed by atoms with E-state index in [1.807, 2.05) is 0 Å². The van der Waals surface area contributed by atoms with Crippen molar-refractivity contribution < 1.29 is 9.90 Å². The molecule has 0 saturated carbocycles. The van der Waals surface area contributed by atoms with Crippen LogP contribution in [0.25, 0.3) is 0 Å². The Kier molecular flexibility index (Phi) is 7.24. The molecule has 1 N–H and O–H groups in total. The van der Waals surface area contributed by atoms with Gasteiger partial charge in [0.05, 0.1) is 6.54 Å². The van der Waals surface area contributed by atoms with Crippen molar-refractivity contribution in [1.82, 2.24) is 24.6 Å². The lowest BCUT2D eigenvalue weighted by molar-refractivity contribution is -0.122. The average molecular weight is 378 g/mol. The number of piperidine rings is 3. The number of hydrogen-bond donors (Lipinski definition) is 1. The van der Waals surface area contributed by atoms with Crippen molar-refractivity contribution in [3.05, 3.63) is 12.2 Å². The minimum absolute atomic E-state index is 0.250. The fourth-order valence-electron chi connectivity index (χ4n) is 5.66. The lowest BCUT2D eigenvalue weighted by Crippen LogP contribution is -2.61. The lowest BCUT2D eigenvalue weighted by atomic mass is 9.74. The van der Waals surface area contributed by atoms with Crippen LogP contribution < -0.4 is 0 Å². The van der Waals surface area contributed by atoms with Gasteiger partial charge >= 0.3 is 0 Å². The summed E-state index contributed by atoms with van der Waals surface area (Å²) < 4.78 is 2.05. The molecule has 1 aromatic heterocycles. The molecular formula is C20H35N5O2. The van der Waals surface area contributed by atoms with Gasteiger partial charge in [-0.15, -0.1) is 0 Å². The van der Waals surface area contributed by atoms with Crippen LogP contribution in [0.5, 0.6) is 0 Å². The number of fused-ring (bicyclic) bond motifs is 4. The summed E-state index contributed by atoms with van der Waals surface area (Å²) in [5.41, 5.74) is 0. The molecule has 0 amide bonds. The van der Waals surface area contributed by atoms with Crippen LogP contribution in [-0.4, -0.2) is 67.9 Å². The molecule has 4 atom stereocenters. The molecule has 1 aromatic rings. The van der Waals surface area contributed by atoms with Gasteiger partial charge in [0.1, 0.15) is 12.2 Å². The standard InChI is InChI=1S/C19H33N5.CH2O2/c1-3-6-17-7-5-8-18-16-9-15(11-23(17)18)10-22(12-16)13-19-20-14-21-24(19)4-2;2-1-3/h14-18H,3-13H2,1-2H3;1H,(H,2,3)/t15-,16+,17-,18-;/m0./s1. The maximum absolute atomic E-state index is 8.36. The third-order valence-corrected chi connectivity index (χ3v) is 6.57. The Bertz CT molecular complexity index is 591. The summed E-state index contributed by atoms with van der Waals surface area (Å²) in [6.07, 6.45) is 10.2. The number of carboxylic acid groups (broad SMARTS) is 1. The zero-order chi connectivity index (χ0) is 19.2. The van der Waals surface area contributed by atoms with E-state index >= 15 is 0 Å². The molecule has 3 fully saturated rings. The topological polar surface area (TPSA) is 74.5 Å². The Morgan fingerprint density at radius 3 is 2.81 bits per heavy atom. The van der Waals surface area contributed by atoms with Crippen LogP contribution in [0.3, 0.4) is 0 Å². The molecular weight excluding hydrogens is 342 g/mol. The van der Waals surface area contributed by atoms with E-state index in [2.05, 4.69) is 38.4 Å². The molecule has 4 rings (SSSR count). The van der Waals surface area contributed by atoms with E-state index in [4.69, 9.17) is 9.90 Å². The van der Waals surface area contributed by atoms with Crippen LogP contribution in [0.1, 0.15) is 58.2 Å². The second-order valence-corrected chi connectivity index (χ2v) is 8.29. The van der Waals surface area contributed by atoms with E-state index in [1.165, 1.54) is 58.2 Å². The predicted octanol–water partition coefficient (Wildman–Crippen LogP) is 2.47. The van der Waals surface area contributed by atoms with E-state index in [0.717, 1.165) is 42.8 Å². The summed E-state index contributed by atoms with van der Waals surface area (Å²) in [5.74, 6) is 2.87. The summed E-state index contributed by atoms with van der Waals surface area (Å²) >= 11 is 0. The van der Waals surface area contributed by atoms with E-state index in [9.17, 15) is 0 Å². The number of aromatic nitrogens is 3. The van der Waals surface area contributed by atoms with E-state index in [0.29, 0.717) is 0 Å². The van der Waals surface area contributed by atoms with Crippen LogP contribution in [0.15, 0.2) is 6.33 Å². The highest BCUT2D eigenvalue weighted by atomic mass is 16.3. The molecule has 0 unspecified atom stereocenters. The quantitative estimate of drug-likeness (QED) is 0.795. The fraction of sp³-hybridized carbons (Fsp3) is 0.850.